The van der Waals surface area contributed by atoms with Gasteiger partial charge in [0.1, 0.15) is 5.82 Å². The van der Waals surface area contributed by atoms with E-state index in [-0.39, 0.29) is 12.6 Å². The lowest BCUT2D eigenvalue weighted by atomic mass is 10.1. The molecule has 2 rings (SSSR count). The van der Waals surface area contributed by atoms with E-state index in [0.29, 0.717) is 17.7 Å². The van der Waals surface area contributed by atoms with E-state index in [2.05, 4.69) is 4.98 Å². The number of imidazole rings is 1. The molecule has 0 unspecified atom stereocenters. The number of benzene rings is 1. The number of rotatable bonds is 4. The average Bonchev–Trinajstić information content (AvgIpc) is 2.75. The van der Waals surface area contributed by atoms with Gasteiger partial charge >= 0.3 is 5.97 Å². The van der Waals surface area contributed by atoms with Gasteiger partial charge in [0, 0.05) is 31.5 Å². The molecular formula is C14H17N3O2. The first kappa shape index (κ1) is 13.1. The van der Waals surface area contributed by atoms with Crippen LogP contribution in [0.2, 0.25) is 0 Å². The summed E-state index contributed by atoms with van der Waals surface area (Å²) in [6.07, 6.45) is 4.16. The van der Waals surface area contributed by atoms with Gasteiger partial charge in [-0.3, -0.25) is 0 Å². The average molecular weight is 259 g/mol. The highest BCUT2D eigenvalue weighted by Crippen LogP contribution is 2.17. The van der Waals surface area contributed by atoms with Crippen LogP contribution >= 0.6 is 0 Å². The van der Waals surface area contributed by atoms with E-state index in [1.54, 1.807) is 12.3 Å². The maximum Gasteiger partial charge on any atom is 0.340 e. The van der Waals surface area contributed by atoms with E-state index in [4.69, 9.17) is 10.5 Å². The number of nitrogen functional groups attached to an aromatic ring is 1. The van der Waals surface area contributed by atoms with Gasteiger partial charge in [-0.05, 0) is 18.6 Å². The highest BCUT2D eigenvalue weighted by molar-refractivity contribution is 5.96. The Hall–Kier alpha value is -2.30. The van der Waals surface area contributed by atoms with Gasteiger partial charge in [-0.25, -0.2) is 9.78 Å². The maximum atomic E-state index is 12.0. The number of esters is 1. The van der Waals surface area contributed by atoms with Gasteiger partial charge in [-0.2, -0.15) is 0 Å². The molecule has 1 heterocycles. The smallest absolute Gasteiger partial charge is 0.340 e. The molecule has 0 aliphatic carbocycles. The summed E-state index contributed by atoms with van der Waals surface area (Å²) in [7, 11) is 1.91. The summed E-state index contributed by atoms with van der Waals surface area (Å²) < 4.78 is 7.14. The van der Waals surface area contributed by atoms with Crippen LogP contribution in [0.4, 0.5) is 5.69 Å². The summed E-state index contributed by atoms with van der Waals surface area (Å²) in [5.41, 5.74) is 7.51. The monoisotopic (exact) mass is 259 g/mol. The van der Waals surface area contributed by atoms with Gasteiger partial charge in [-0.1, -0.05) is 12.1 Å². The van der Waals surface area contributed by atoms with Crippen LogP contribution in [-0.2, 0) is 18.2 Å². The molecule has 0 aliphatic heterocycles. The molecule has 2 N–H and O–H groups in total. The lowest BCUT2D eigenvalue weighted by Gasteiger charge is -2.09. The Morgan fingerprint density at radius 3 is 2.89 bits per heavy atom. The number of hydrogen-bond acceptors (Lipinski definition) is 4. The minimum absolute atomic E-state index is 0.289. The second kappa shape index (κ2) is 5.56. The van der Waals surface area contributed by atoms with Gasteiger partial charge in [-0.15, -0.1) is 0 Å². The highest BCUT2D eigenvalue weighted by Gasteiger charge is 2.14. The van der Waals surface area contributed by atoms with Crippen LogP contribution in [0.25, 0.3) is 0 Å². The second-order valence-corrected chi connectivity index (χ2v) is 4.38. The number of aryl methyl sites for hydroxylation is 2. The molecule has 0 saturated heterocycles. The van der Waals surface area contributed by atoms with Crippen molar-refractivity contribution in [1.29, 1.82) is 0 Å². The van der Waals surface area contributed by atoms with Crippen LogP contribution in [0.1, 0.15) is 21.7 Å². The zero-order valence-corrected chi connectivity index (χ0v) is 11.1. The topological polar surface area (TPSA) is 70.1 Å². The van der Waals surface area contributed by atoms with Gasteiger partial charge in [0.15, 0.2) is 0 Å². The van der Waals surface area contributed by atoms with Crippen molar-refractivity contribution in [1.82, 2.24) is 9.55 Å². The third kappa shape index (κ3) is 2.93. The van der Waals surface area contributed by atoms with Crippen molar-refractivity contribution < 1.29 is 9.53 Å². The van der Waals surface area contributed by atoms with E-state index < -0.39 is 0 Å². The summed E-state index contributed by atoms with van der Waals surface area (Å²) in [5, 5.41) is 0. The van der Waals surface area contributed by atoms with Gasteiger partial charge in [0.05, 0.1) is 12.2 Å². The lowest BCUT2D eigenvalue weighted by Crippen LogP contribution is -2.13. The molecule has 0 atom stereocenters. The molecule has 0 radical (unpaired) electrons. The summed E-state index contributed by atoms with van der Waals surface area (Å²) in [5.74, 6) is 0.496. The summed E-state index contributed by atoms with van der Waals surface area (Å²) in [6, 6.07) is 5.35. The number of aromatic nitrogens is 2. The number of nitrogens with zero attached hydrogens (tertiary/aromatic N) is 2. The van der Waals surface area contributed by atoms with E-state index in [0.717, 1.165) is 11.4 Å². The Morgan fingerprint density at radius 1 is 1.47 bits per heavy atom. The number of anilines is 1. The van der Waals surface area contributed by atoms with Crippen molar-refractivity contribution in [2.45, 2.75) is 13.3 Å². The third-order valence-electron chi connectivity index (χ3n) is 2.99. The lowest BCUT2D eigenvalue weighted by molar-refractivity contribution is 0.0507. The van der Waals surface area contributed by atoms with Crippen molar-refractivity contribution in [3.63, 3.8) is 0 Å². The largest absolute Gasteiger partial charge is 0.462 e. The first-order chi connectivity index (χ1) is 9.09. The van der Waals surface area contributed by atoms with Crippen LogP contribution in [-0.4, -0.2) is 22.1 Å². The fourth-order valence-electron chi connectivity index (χ4n) is 1.91. The van der Waals surface area contributed by atoms with E-state index in [9.17, 15) is 4.79 Å². The molecule has 100 valence electrons. The molecule has 1 aromatic carbocycles. The fourth-order valence-corrected chi connectivity index (χ4v) is 1.91. The van der Waals surface area contributed by atoms with Gasteiger partial charge in [0.2, 0.25) is 0 Å². The van der Waals surface area contributed by atoms with E-state index >= 15 is 0 Å². The third-order valence-corrected chi connectivity index (χ3v) is 2.99. The Balaban J connectivity index is 1.97. The van der Waals surface area contributed by atoms with Gasteiger partial charge in [0.25, 0.3) is 0 Å². The minimum atomic E-state index is -0.384. The van der Waals surface area contributed by atoms with Crippen LogP contribution < -0.4 is 5.73 Å². The van der Waals surface area contributed by atoms with Crippen molar-refractivity contribution in [2.75, 3.05) is 12.3 Å². The molecule has 0 saturated carbocycles. The van der Waals surface area contributed by atoms with E-state index in [1.165, 1.54) is 0 Å². The van der Waals surface area contributed by atoms with Crippen molar-refractivity contribution >= 4 is 11.7 Å². The molecular weight excluding hydrogens is 242 g/mol. The first-order valence-electron chi connectivity index (χ1n) is 6.08. The number of carbonyl (C=O) groups is 1. The van der Waals surface area contributed by atoms with Crippen LogP contribution in [0, 0.1) is 6.92 Å². The number of carbonyl (C=O) groups excluding carboxylic acids is 1. The predicted octanol–water partition coefficient (Wildman–Crippen LogP) is 1.71. The molecule has 0 amide bonds. The normalized spacial score (nSPS) is 10.4. The number of nitrogens with two attached hydrogens (primary N) is 1. The SMILES string of the molecule is Cc1cccc(N)c1C(=O)OCCc1nccn1C. The van der Waals surface area contributed by atoms with Gasteiger partial charge < -0.3 is 15.0 Å². The van der Waals surface area contributed by atoms with Crippen molar-refractivity contribution in [3.05, 3.63) is 47.5 Å². The molecule has 0 bridgehead atoms. The van der Waals surface area contributed by atoms with Crippen LogP contribution in [0.15, 0.2) is 30.6 Å². The summed E-state index contributed by atoms with van der Waals surface area (Å²) >= 11 is 0. The zero-order chi connectivity index (χ0) is 13.8. The second-order valence-electron chi connectivity index (χ2n) is 4.38. The van der Waals surface area contributed by atoms with Crippen molar-refractivity contribution in [2.24, 2.45) is 7.05 Å². The minimum Gasteiger partial charge on any atom is -0.462 e. The highest BCUT2D eigenvalue weighted by atomic mass is 16.5. The predicted molar refractivity (Wildman–Crippen MR) is 72.8 cm³/mol. The van der Waals surface area contributed by atoms with Crippen molar-refractivity contribution in [3.8, 4) is 0 Å². The molecule has 0 fully saturated rings. The molecule has 5 heteroatoms. The number of hydrogen-bond donors (Lipinski definition) is 1. The Bertz CT molecular complexity index is 570. The standard InChI is InChI=1S/C14H17N3O2/c1-10-4-3-5-11(15)13(10)14(18)19-9-6-12-16-7-8-17(12)2/h3-5,7-8H,6,9,15H2,1-2H3. The zero-order valence-electron chi connectivity index (χ0n) is 11.1. The molecule has 2 aromatic rings. The number of ether oxygens (including phenoxy) is 1. The maximum absolute atomic E-state index is 12.0. The first-order valence-corrected chi connectivity index (χ1v) is 6.08. The Morgan fingerprint density at radius 2 is 2.26 bits per heavy atom. The molecule has 0 spiro atoms. The molecule has 5 nitrogen and oxygen atoms in total. The quantitative estimate of drug-likeness (QED) is 0.670. The molecule has 19 heavy (non-hydrogen) atoms. The summed E-state index contributed by atoms with van der Waals surface area (Å²) in [6.45, 7) is 2.13. The molecule has 1 aromatic heterocycles. The van der Waals surface area contributed by atoms with E-state index in [1.807, 2.05) is 36.9 Å². The summed E-state index contributed by atoms with van der Waals surface area (Å²) in [4.78, 5) is 16.1. The fraction of sp³-hybridized carbons (Fsp3) is 0.286. The Labute approximate surface area is 112 Å². The van der Waals surface area contributed by atoms with Crippen LogP contribution in [0.3, 0.4) is 0 Å². The van der Waals surface area contributed by atoms with Crippen LogP contribution in [0.5, 0.6) is 0 Å². The molecule has 0 aliphatic rings. The Kier molecular flexibility index (Phi) is 3.85.